The molecule has 1 aliphatic carbocycles. The maximum atomic E-state index is 12.2. The molecule has 94 valence electrons. The first-order valence-electron chi connectivity index (χ1n) is 5.46. The predicted molar refractivity (Wildman–Crippen MR) is 66.0 cm³/mol. The van der Waals surface area contributed by atoms with Gasteiger partial charge in [0.1, 0.15) is 0 Å². The molecule has 0 radical (unpaired) electrons. The summed E-state index contributed by atoms with van der Waals surface area (Å²) < 4.78 is 24.9. The van der Waals surface area contributed by atoms with Gasteiger partial charge in [0.05, 0.1) is 5.69 Å². The zero-order valence-electron chi connectivity index (χ0n) is 10.1. The number of aromatic nitrogens is 1. The maximum Gasteiger partial charge on any atom is 0.271 e. The van der Waals surface area contributed by atoms with Gasteiger partial charge in [0.15, 0.2) is 14.7 Å². The van der Waals surface area contributed by atoms with Gasteiger partial charge >= 0.3 is 0 Å². The van der Waals surface area contributed by atoms with E-state index >= 15 is 0 Å². The van der Waals surface area contributed by atoms with Crippen LogP contribution in [0.1, 0.15) is 30.1 Å². The molecule has 2 N–H and O–H groups in total. The largest absolute Gasteiger partial charge is 0.397 e. The van der Waals surface area contributed by atoms with Crippen LogP contribution in [0.3, 0.4) is 0 Å². The Morgan fingerprint density at radius 1 is 1.29 bits per heavy atom. The molecule has 0 unspecified atom stereocenters. The highest BCUT2D eigenvalue weighted by Crippen LogP contribution is 2.36. The van der Waals surface area contributed by atoms with Crippen molar-refractivity contribution in [3.8, 4) is 0 Å². The van der Waals surface area contributed by atoms with Crippen LogP contribution in [-0.4, -0.2) is 19.2 Å². The minimum Gasteiger partial charge on any atom is -0.397 e. The number of rotatable bonds is 2. The van der Waals surface area contributed by atoms with Gasteiger partial charge in [0.2, 0.25) is 0 Å². The molecule has 17 heavy (non-hydrogen) atoms. The Kier molecular flexibility index (Phi) is 2.57. The lowest BCUT2D eigenvalue weighted by molar-refractivity contribution is 0.595. The van der Waals surface area contributed by atoms with Gasteiger partial charge in [-0.1, -0.05) is 0 Å². The molecule has 0 bridgehead atoms. The van der Waals surface area contributed by atoms with Crippen molar-refractivity contribution < 1.29 is 8.42 Å². The Bertz CT molecular complexity index is 640. The maximum absolute atomic E-state index is 12.2. The number of nitrogens with zero attached hydrogens (tertiary/aromatic N) is 1. The van der Waals surface area contributed by atoms with Gasteiger partial charge in [-0.25, -0.2) is 8.42 Å². The molecule has 0 amide bonds. The van der Waals surface area contributed by atoms with E-state index in [9.17, 15) is 13.2 Å². The van der Waals surface area contributed by atoms with Crippen molar-refractivity contribution in [1.29, 1.82) is 0 Å². The average Bonchev–Trinajstić information content (AvgIpc) is 2.96. The Balaban J connectivity index is 2.90. The summed E-state index contributed by atoms with van der Waals surface area (Å²) in [6.45, 7) is 3.55. The van der Waals surface area contributed by atoms with E-state index in [4.69, 9.17) is 5.73 Å². The minimum absolute atomic E-state index is 0.0897. The Morgan fingerprint density at radius 3 is 2.24 bits per heavy atom. The highest BCUT2D eigenvalue weighted by atomic mass is 32.2. The second-order valence-corrected chi connectivity index (χ2v) is 6.58. The van der Waals surface area contributed by atoms with Gasteiger partial charge in [-0.15, -0.1) is 0 Å². The van der Waals surface area contributed by atoms with Gasteiger partial charge in [0, 0.05) is 18.0 Å². The first-order valence-corrected chi connectivity index (χ1v) is 7.35. The molecule has 1 aromatic rings. The monoisotopic (exact) mass is 256 g/mol. The van der Waals surface area contributed by atoms with E-state index in [-0.39, 0.29) is 16.6 Å². The summed E-state index contributed by atoms with van der Waals surface area (Å²) in [5.41, 5.74) is 6.82. The molecule has 0 aliphatic heterocycles. The number of nitrogens with two attached hydrogens (primary N) is 1. The fourth-order valence-electron chi connectivity index (χ4n) is 2.05. The summed E-state index contributed by atoms with van der Waals surface area (Å²) >= 11 is 0. The second-order valence-electron chi connectivity index (χ2n) is 4.63. The molecule has 1 fully saturated rings. The summed E-state index contributed by atoms with van der Waals surface area (Å²) in [5, 5.41) is 0. The minimum atomic E-state index is -3.59. The summed E-state index contributed by atoms with van der Waals surface area (Å²) in [7, 11) is -3.59. The number of hydrogen-bond donors (Lipinski definition) is 1. The predicted octanol–water partition coefficient (Wildman–Crippen LogP) is 0.786. The Morgan fingerprint density at radius 2 is 1.82 bits per heavy atom. The van der Waals surface area contributed by atoms with E-state index in [1.165, 1.54) is 0 Å². The standard InChI is InChI=1S/C11H16N2O3S/c1-6-7(2)13(8-4-5-8)11(14)10(9(6)12)17(3,15)16/h8H,4-5,12H2,1-3H3. The van der Waals surface area contributed by atoms with E-state index in [1.54, 1.807) is 18.4 Å². The molecule has 0 atom stereocenters. The van der Waals surface area contributed by atoms with Gasteiger partial charge in [0.25, 0.3) is 5.56 Å². The highest BCUT2D eigenvalue weighted by Gasteiger charge is 2.31. The number of anilines is 1. The molecule has 1 aliphatic rings. The van der Waals surface area contributed by atoms with Crippen LogP contribution in [0.25, 0.3) is 0 Å². The van der Waals surface area contributed by atoms with E-state index in [0.29, 0.717) is 5.56 Å². The van der Waals surface area contributed by atoms with Crippen LogP contribution in [0, 0.1) is 13.8 Å². The van der Waals surface area contributed by atoms with Crippen molar-refractivity contribution in [3.63, 3.8) is 0 Å². The lowest BCUT2D eigenvalue weighted by atomic mass is 10.2. The average molecular weight is 256 g/mol. The quantitative estimate of drug-likeness (QED) is 0.848. The second kappa shape index (κ2) is 3.60. The molecule has 1 heterocycles. The molecule has 0 aromatic carbocycles. The summed E-state index contributed by atoms with van der Waals surface area (Å²) in [6.07, 6.45) is 2.87. The number of nitrogen functional groups attached to an aromatic ring is 1. The van der Waals surface area contributed by atoms with Crippen LogP contribution in [0.2, 0.25) is 0 Å². The molecule has 1 saturated carbocycles. The third-order valence-electron chi connectivity index (χ3n) is 3.25. The zero-order chi connectivity index (χ0) is 13.0. The fraction of sp³-hybridized carbons (Fsp3) is 0.545. The molecule has 5 nitrogen and oxygen atoms in total. The van der Waals surface area contributed by atoms with Crippen molar-refractivity contribution in [2.24, 2.45) is 0 Å². The Hall–Kier alpha value is -1.30. The van der Waals surface area contributed by atoms with Crippen molar-refractivity contribution in [1.82, 2.24) is 4.57 Å². The third-order valence-corrected chi connectivity index (χ3v) is 4.38. The molecule has 0 saturated heterocycles. The molecule has 0 spiro atoms. The highest BCUT2D eigenvalue weighted by molar-refractivity contribution is 7.90. The number of hydrogen-bond acceptors (Lipinski definition) is 4. The van der Waals surface area contributed by atoms with Gasteiger partial charge in [-0.2, -0.15) is 0 Å². The van der Waals surface area contributed by atoms with Gasteiger partial charge in [-0.3, -0.25) is 4.79 Å². The molecular weight excluding hydrogens is 240 g/mol. The molecular formula is C11H16N2O3S. The SMILES string of the molecule is Cc1c(N)c(S(C)(=O)=O)c(=O)n(C2CC2)c1C. The van der Waals surface area contributed by atoms with E-state index in [1.807, 2.05) is 0 Å². The van der Waals surface area contributed by atoms with Gasteiger partial charge < -0.3 is 10.3 Å². The third kappa shape index (κ3) is 1.86. The van der Waals surface area contributed by atoms with Crippen molar-refractivity contribution in [2.45, 2.75) is 37.6 Å². The van der Waals surface area contributed by atoms with Crippen molar-refractivity contribution in [2.75, 3.05) is 12.0 Å². The number of pyridine rings is 1. The van der Waals surface area contributed by atoms with Crippen LogP contribution < -0.4 is 11.3 Å². The van der Waals surface area contributed by atoms with Crippen LogP contribution in [0.4, 0.5) is 5.69 Å². The zero-order valence-corrected chi connectivity index (χ0v) is 11.0. The molecule has 6 heteroatoms. The first kappa shape index (κ1) is 12.2. The van der Waals surface area contributed by atoms with E-state index in [0.717, 1.165) is 24.8 Å². The van der Waals surface area contributed by atoms with Crippen molar-refractivity contribution >= 4 is 15.5 Å². The topological polar surface area (TPSA) is 82.2 Å². The van der Waals surface area contributed by atoms with E-state index in [2.05, 4.69) is 0 Å². The lowest BCUT2D eigenvalue weighted by Gasteiger charge is -2.16. The number of sulfone groups is 1. The van der Waals surface area contributed by atoms with Crippen molar-refractivity contribution in [3.05, 3.63) is 21.6 Å². The molecule has 2 rings (SSSR count). The first-order chi connectivity index (χ1) is 7.75. The van der Waals surface area contributed by atoms with Crippen LogP contribution >= 0.6 is 0 Å². The van der Waals surface area contributed by atoms with Crippen LogP contribution in [-0.2, 0) is 9.84 Å². The fourth-order valence-corrected chi connectivity index (χ4v) is 3.02. The molecule has 1 aromatic heterocycles. The summed E-state index contributed by atoms with van der Waals surface area (Å²) in [5.74, 6) is 0. The van der Waals surface area contributed by atoms with E-state index < -0.39 is 15.4 Å². The summed E-state index contributed by atoms with van der Waals surface area (Å²) in [4.78, 5) is 11.9. The summed E-state index contributed by atoms with van der Waals surface area (Å²) in [6, 6.07) is 0.141. The smallest absolute Gasteiger partial charge is 0.271 e. The lowest BCUT2D eigenvalue weighted by Crippen LogP contribution is -2.29. The van der Waals surface area contributed by atoms with Crippen LogP contribution in [0.5, 0.6) is 0 Å². The van der Waals surface area contributed by atoms with Crippen LogP contribution in [0.15, 0.2) is 9.69 Å². The van der Waals surface area contributed by atoms with Gasteiger partial charge in [-0.05, 0) is 32.3 Å². The Labute approximate surface area is 100 Å². The normalized spacial score (nSPS) is 16.2.